The molecule has 7 rings (SSSR count). The predicted octanol–water partition coefficient (Wildman–Crippen LogP) is 4.63. The molecule has 0 atom stereocenters. The number of hydrogen-bond acceptors (Lipinski definition) is 3. The molecular formula is C26H26N2O3. The Hall–Kier alpha value is -2.89. The number of aromatic amines is 2. The highest BCUT2D eigenvalue weighted by molar-refractivity contribution is 5.92. The number of nitrogens with one attached hydrogen (secondary N) is 2. The van der Waals surface area contributed by atoms with E-state index in [-0.39, 0.29) is 5.79 Å². The zero-order valence-corrected chi connectivity index (χ0v) is 17.5. The molecule has 0 amide bonds. The van der Waals surface area contributed by atoms with Crippen molar-refractivity contribution >= 4 is 27.6 Å². The number of carbonyl (C=O) groups excluding carboxylic acids is 1. The Labute approximate surface area is 180 Å². The van der Waals surface area contributed by atoms with E-state index in [9.17, 15) is 4.79 Å². The molecule has 1 aliphatic heterocycles. The highest BCUT2D eigenvalue weighted by atomic mass is 16.7. The molecule has 158 valence electrons. The van der Waals surface area contributed by atoms with Crippen molar-refractivity contribution in [2.75, 3.05) is 13.2 Å². The van der Waals surface area contributed by atoms with E-state index in [0.29, 0.717) is 18.6 Å². The molecule has 5 nitrogen and oxygen atoms in total. The molecule has 3 aliphatic rings. The molecule has 1 spiro atoms. The normalized spacial score (nSPS) is 19.3. The number of carbonyl (C=O) groups is 1. The minimum absolute atomic E-state index is 0.335. The van der Waals surface area contributed by atoms with Crippen LogP contribution in [0.15, 0.2) is 48.5 Å². The summed E-state index contributed by atoms with van der Waals surface area (Å²) < 4.78 is 11.6. The van der Waals surface area contributed by atoms with Gasteiger partial charge in [0.25, 0.3) is 0 Å². The van der Waals surface area contributed by atoms with Crippen molar-refractivity contribution in [1.29, 1.82) is 0 Å². The Bertz CT molecular complexity index is 1280. The SMILES string of the molecule is O=C1CCc2[nH]c3ccccc3c2C1.c1ccc2c3c([nH]c2c1)CCC1(C3)OCCO1. The Morgan fingerprint density at radius 2 is 1.35 bits per heavy atom. The quantitative estimate of drug-likeness (QED) is 0.441. The van der Waals surface area contributed by atoms with E-state index in [2.05, 4.69) is 46.4 Å². The molecular weight excluding hydrogens is 388 g/mol. The summed E-state index contributed by atoms with van der Waals surface area (Å²) in [5.41, 5.74) is 7.60. The van der Waals surface area contributed by atoms with Crippen LogP contribution in [-0.4, -0.2) is 34.8 Å². The second kappa shape index (κ2) is 7.36. The minimum Gasteiger partial charge on any atom is -0.358 e. The van der Waals surface area contributed by atoms with Gasteiger partial charge in [0.15, 0.2) is 5.79 Å². The first kappa shape index (κ1) is 18.8. The monoisotopic (exact) mass is 414 g/mol. The second-order valence-corrected chi connectivity index (χ2v) is 8.76. The number of ether oxygens (including phenoxy) is 2. The van der Waals surface area contributed by atoms with Gasteiger partial charge in [0.1, 0.15) is 5.78 Å². The van der Waals surface area contributed by atoms with E-state index in [1.807, 2.05) is 12.1 Å². The first-order valence-corrected chi connectivity index (χ1v) is 11.2. The van der Waals surface area contributed by atoms with Crippen molar-refractivity contribution in [2.45, 2.75) is 44.3 Å². The van der Waals surface area contributed by atoms with E-state index in [0.717, 1.165) is 44.4 Å². The van der Waals surface area contributed by atoms with Crippen molar-refractivity contribution in [2.24, 2.45) is 0 Å². The van der Waals surface area contributed by atoms with Gasteiger partial charge in [-0.25, -0.2) is 0 Å². The van der Waals surface area contributed by atoms with E-state index >= 15 is 0 Å². The average Bonchev–Trinajstić information content (AvgIpc) is 3.50. The highest BCUT2D eigenvalue weighted by Gasteiger charge is 2.40. The van der Waals surface area contributed by atoms with Crippen LogP contribution in [0.1, 0.15) is 35.4 Å². The highest BCUT2D eigenvalue weighted by Crippen LogP contribution is 2.38. The molecule has 4 aromatic rings. The summed E-state index contributed by atoms with van der Waals surface area (Å²) in [5.74, 6) is 0.0278. The van der Waals surface area contributed by atoms with Crippen LogP contribution in [0.25, 0.3) is 21.8 Å². The van der Waals surface area contributed by atoms with Crippen LogP contribution in [0.5, 0.6) is 0 Å². The molecule has 0 saturated carbocycles. The van der Waals surface area contributed by atoms with Crippen LogP contribution in [-0.2, 0) is 40.0 Å². The number of hydrogen-bond donors (Lipinski definition) is 2. The smallest absolute Gasteiger partial charge is 0.172 e. The summed E-state index contributed by atoms with van der Waals surface area (Å²) in [6.45, 7) is 1.47. The van der Waals surface area contributed by atoms with Gasteiger partial charge in [-0.05, 0) is 36.1 Å². The lowest BCUT2D eigenvalue weighted by Gasteiger charge is -2.31. The fourth-order valence-corrected chi connectivity index (χ4v) is 5.31. The molecule has 2 aromatic heterocycles. The van der Waals surface area contributed by atoms with Gasteiger partial charge in [-0.3, -0.25) is 4.79 Å². The number of rotatable bonds is 0. The molecule has 3 heterocycles. The third-order valence-electron chi connectivity index (χ3n) is 6.85. The topological polar surface area (TPSA) is 67.1 Å². The van der Waals surface area contributed by atoms with E-state index < -0.39 is 0 Å². The molecule has 31 heavy (non-hydrogen) atoms. The largest absolute Gasteiger partial charge is 0.358 e. The van der Waals surface area contributed by atoms with Crippen LogP contribution < -0.4 is 0 Å². The Morgan fingerprint density at radius 3 is 2.06 bits per heavy atom. The van der Waals surface area contributed by atoms with Crippen LogP contribution in [0.3, 0.4) is 0 Å². The number of aryl methyl sites for hydroxylation is 2. The third-order valence-corrected chi connectivity index (χ3v) is 6.85. The van der Waals surface area contributed by atoms with Crippen molar-refractivity contribution < 1.29 is 14.3 Å². The molecule has 0 unspecified atom stereocenters. The molecule has 2 N–H and O–H groups in total. The van der Waals surface area contributed by atoms with Crippen LogP contribution in [0, 0.1) is 0 Å². The summed E-state index contributed by atoms with van der Waals surface area (Å²) in [7, 11) is 0. The van der Waals surface area contributed by atoms with Gasteiger partial charge in [0.2, 0.25) is 0 Å². The Morgan fingerprint density at radius 1 is 0.742 bits per heavy atom. The Balaban J connectivity index is 0.000000122. The molecule has 1 fully saturated rings. The standard InChI is InChI=1S/C14H15NO2.C12H11NO/c1-2-4-12-10(3-1)11-9-14(16-7-8-17-14)6-5-13(11)15-12;14-8-5-6-12-10(7-8)9-3-1-2-4-11(9)13-12/h1-4,15H,5-9H2;1-4,13H,5-7H2. The number of fused-ring (bicyclic) bond motifs is 6. The molecule has 5 heteroatoms. The number of ketones is 1. The maximum atomic E-state index is 11.4. The summed E-state index contributed by atoms with van der Waals surface area (Å²) >= 11 is 0. The molecule has 2 aromatic carbocycles. The van der Waals surface area contributed by atoms with Gasteiger partial charge >= 0.3 is 0 Å². The van der Waals surface area contributed by atoms with Crippen molar-refractivity contribution in [3.63, 3.8) is 0 Å². The van der Waals surface area contributed by atoms with Gasteiger partial charge in [0.05, 0.1) is 13.2 Å². The maximum absolute atomic E-state index is 11.4. The van der Waals surface area contributed by atoms with Crippen molar-refractivity contribution in [3.05, 3.63) is 71.0 Å². The summed E-state index contributed by atoms with van der Waals surface area (Å²) in [6, 6.07) is 16.7. The fraction of sp³-hybridized carbons (Fsp3) is 0.346. The zero-order chi connectivity index (χ0) is 20.8. The van der Waals surface area contributed by atoms with Crippen LogP contribution >= 0.6 is 0 Å². The van der Waals surface area contributed by atoms with Gasteiger partial charge < -0.3 is 19.4 Å². The fourth-order valence-electron chi connectivity index (χ4n) is 5.31. The van der Waals surface area contributed by atoms with Gasteiger partial charge in [0, 0.05) is 58.9 Å². The molecule has 0 radical (unpaired) electrons. The van der Waals surface area contributed by atoms with Gasteiger partial charge in [-0.2, -0.15) is 0 Å². The van der Waals surface area contributed by atoms with E-state index in [4.69, 9.17) is 9.47 Å². The minimum atomic E-state index is -0.335. The van der Waals surface area contributed by atoms with Crippen molar-refractivity contribution in [1.82, 2.24) is 9.97 Å². The van der Waals surface area contributed by atoms with Crippen LogP contribution in [0.2, 0.25) is 0 Å². The van der Waals surface area contributed by atoms with Gasteiger partial charge in [-0.15, -0.1) is 0 Å². The zero-order valence-electron chi connectivity index (χ0n) is 17.5. The number of aromatic nitrogens is 2. The number of Topliss-reactive ketones (excluding diaryl/α,β-unsaturated/α-hetero) is 1. The molecule has 0 bridgehead atoms. The van der Waals surface area contributed by atoms with E-state index in [1.165, 1.54) is 38.8 Å². The maximum Gasteiger partial charge on any atom is 0.172 e. The lowest BCUT2D eigenvalue weighted by molar-refractivity contribution is -0.163. The first-order valence-electron chi connectivity index (χ1n) is 11.2. The molecule has 2 aliphatic carbocycles. The average molecular weight is 415 g/mol. The molecule has 1 saturated heterocycles. The lowest BCUT2D eigenvalue weighted by atomic mass is 9.90. The summed E-state index contributed by atoms with van der Waals surface area (Å²) in [4.78, 5) is 18.2. The number of benzene rings is 2. The Kier molecular flexibility index (Phi) is 4.47. The third kappa shape index (κ3) is 3.29. The van der Waals surface area contributed by atoms with Crippen LogP contribution in [0.4, 0.5) is 0 Å². The second-order valence-electron chi connectivity index (χ2n) is 8.76. The number of H-pyrrole nitrogens is 2. The van der Waals surface area contributed by atoms with Crippen molar-refractivity contribution in [3.8, 4) is 0 Å². The van der Waals surface area contributed by atoms with Gasteiger partial charge in [-0.1, -0.05) is 36.4 Å². The van der Waals surface area contributed by atoms with E-state index in [1.54, 1.807) is 0 Å². The lowest BCUT2D eigenvalue weighted by Crippen LogP contribution is -2.36. The number of para-hydroxylation sites is 2. The first-order chi connectivity index (χ1) is 15.2. The summed E-state index contributed by atoms with van der Waals surface area (Å²) in [6.07, 6.45) is 5.05. The predicted molar refractivity (Wildman–Crippen MR) is 120 cm³/mol. The summed E-state index contributed by atoms with van der Waals surface area (Å²) in [5, 5.41) is 2.54.